The zero-order valence-corrected chi connectivity index (χ0v) is 18.4. The van der Waals surface area contributed by atoms with Gasteiger partial charge < -0.3 is 14.6 Å². The molecule has 8 nitrogen and oxygen atoms in total. The van der Waals surface area contributed by atoms with Gasteiger partial charge in [-0.25, -0.2) is 18.9 Å². The van der Waals surface area contributed by atoms with E-state index in [-0.39, 0.29) is 24.1 Å². The summed E-state index contributed by atoms with van der Waals surface area (Å²) in [6.07, 6.45) is -5.88. The van der Waals surface area contributed by atoms with Crippen LogP contribution in [0.25, 0.3) is 5.69 Å². The maximum absolute atomic E-state index is 13.2. The van der Waals surface area contributed by atoms with E-state index < -0.39 is 24.0 Å². The SMILES string of the molecule is Cc1nc(C(F)(F)F)cn1CC(=O)N1CCCc2c1cnn2-c1ccc(F)cc1.O=C(O)C(F)(F)F. The van der Waals surface area contributed by atoms with E-state index in [0.717, 1.165) is 11.9 Å². The van der Waals surface area contributed by atoms with Gasteiger partial charge in [0.15, 0.2) is 5.69 Å². The molecule has 0 aliphatic carbocycles. The van der Waals surface area contributed by atoms with Crippen molar-refractivity contribution in [2.45, 2.75) is 38.7 Å². The van der Waals surface area contributed by atoms with Crippen molar-refractivity contribution in [1.29, 1.82) is 0 Å². The maximum Gasteiger partial charge on any atom is 0.490 e. The molecule has 0 atom stereocenters. The normalized spacial score (nSPS) is 13.6. The molecule has 1 N–H and O–H groups in total. The minimum atomic E-state index is -5.08. The summed E-state index contributed by atoms with van der Waals surface area (Å²) in [5.41, 5.74) is 1.06. The number of amides is 1. The predicted molar refractivity (Wildman–Crippen MR) is 110 cm³/mol. The monoisotopic (exact) mass is 521 g/mol. The molecule has 1 amide bonds. The summed E-state index contributed by atoms with van der Waals surface area (Å²) in [5, 5.41) is 11.4. The number of aryl methyl sites for hydroxylation is 1. The molecule has 36 heavy (non-hydrogen) atoms. The first-order chi connectivity index (χ1) is 16.7. The Hall–Kier alpha value is -3.91. The number of carboxylic acid groups (broad SMARTS) is 1. The Morgan fingerprint density at radius 1 is 1.08 bits per heavy atom. The van der Waals surface area contributed by atoms with Crippen molar-refractivity contribution in [2.24, 2.45) is 0 Å². The lowest BCUT2D eigenvalue weighted by Gasteiger charge is -2.27. The Kier molecular flexibility index (Phi) is 7.40. The molecule has 0 saturated carbocycles. The standard InChI is InChI=1S/C19H17F4N5O.C2HF3O2/c1-12-25-17(19(21,22)23)10-26(12)11-18(29)27-8-2-3-15-16(27)9-24-28(15)14-6-4-13(20)5-7-14;3-2(4,5)1(6)7/h4-7,9-10H,2-3,8,11H2,1H3;(H,6,7). The van der Waals surface area contributed by atoms with Gasteiger partial charge in [0.25, 0.3) is 0 Å². The van der Waals surface area contributed by atoms with Crippen LogP contribution in [0, 0.1) is 12.7 Å². The molecular weight excluding hydrogens is 503 g/mol. The van der Waals surface area contributed by atoms with Gasteiger partial charge in [-0.1, -0.05) is 0 Å². The molecule has 4 rings (SSSR count). The number of alkyl halides is 6. The Balaban J connectivity index is 0.000000454. The number of imidazole rings is 1. The van der Waals surface area contributed by atoms with Crippen LogP contribution in [0.5, 0.6) is 0 Å². The van der Waals surface area contributed by atoms with Crippen LogP contribution in [-0.4, -0.2) is 49.0 Å². The van der Waals surface area contributed by atoms with E-state index in [4.69, 9.17) is 9.90 Å². The largest absolute Gasteiger partial charge is 0.490 e. The topological polar surface area (TPSA) is 93.3 Å². The zero-order valence-electron chi connectivity index (χ0n) is 18.4. The lowest BCUT2D eigenvalue weighted by Crippen LogP contribution is -2.37. The summed E-state index contributed by atoms with van der Waals surface area (Å²) in [4.78, 5) is 26.8. The summed E-state index contributed by atoms with van der Waals surface area (Å²) in [6.45, 7) is 1.62. The fourth-order valence-electron chi connectivity index (χ4n) is 3.45. The molecule has 194 valence electrons. The Morgan fingerprint density at radius 3 is 2.22 bits per heavy atom. The van der Waals surface area contributed by atoms with Gasteiger partial charge in [0, 0.05) is 12.7 Å². The van der Waals surface area contributed by atoms with Crippen molar-refractivity contribution in [1.82, 2.24) is 19.3 Å². The summed E-state index contributed by atoms with van der Waals surface area (Å²) in [5.74, 6) is -3.35. The van der Waals surface area contributed by atoms with Crippen molar-refractivity contribution < 1.29 is 45.4 Å². The lowest BCUT2D eigenvalue weighted by atomic mass is 10.1. The highest BCUT2D eigenvalue weighted by molar-refractivity contribution is 5.94. The van der Waals surface area contributed by atoms with Crippen molar-refractivity contribution in [3.8, 4) is 5.69 Å². The molecule has 15 heteroatoms. The van der Waals surface area contributed by atoms with Crippen LogP contribution in [0.1, 0.15) is 23.6 Å². The van der Waals surface area contributed by atoms with Crippen LogP contribution in [-0.2, 0) is 28.7 Å². The van der Waals surface area contributed by atoms with E-state index in [1.54, 1.807) is 23.0 Å². The molecule has 1 aliphatic rings. The fourth-order valence-corrected chi connectivity index (χ4v) is 3.45. The highest BCUT2D eigenvalue weighted by Crippen LogP contribution is 2.30. The summed E-state index contributed by atoms with van der Waals surface area (Å²) < 4.78 is 86.3. The average Bonchev–Trinajstić information content (AvgIpc) is 3.37. The predicted octanol–water partition coefficient (Wildman–Crippen LogP) is 4.15. The van der Waals surface area contributed by atoms with E-state index in [2.05, 4.69) is 10.1 Å². The molecule has 0 unspecified atom stereocenters. The summed E-state index contributed by atoms with van der Waals surface area (Å²) >= 11 is 0. The van der Waals surface area contributed by atoms with Crippen molar-refractivity contribution >= 4 is 17.6 Å². The molecule has 1 aliphatic heterocycles. The van der Waals surface area contributed by atoms with Crippen molar-refractivity contribution in [2.75, 3.05) is 11.4 Å². The molecule has 0 radical (unpaired) electrons. The van der Waals surface area contributed by atoms with Crippen LogP contribution in [0.15, 0.2) is 36.7 Å². The number of nitrogens with zero attached hydrogens (tertiary/aromatic N) is 5. The molecule has 0 bridgehead atoms. The smallest absolute Gasteiger partial charge is 0.475 e. The van der Waals surface area contributed by atoms with Crippen LogP contribution in [0.4, 0.5) is 36.4 Å². The molecule has 0 fully saturated rings. The second-order valence-corrected chi connectivity index (χ2v) is 7.62. The molecule has 0 saturated heterocycles. The Morgan fingerprint density at radius 2 is 1.69 bits per heavy atom. The van der Waals surface area contributed by atoms with E-state index in [9.17, 15) is 35.5 Å². The number of carboxylic acids is 1. The Bertz CT molecular complexity index is 1250. The minimum absolute atomic E-state index is 0.116. The number of carbonyl (C=O) groups excluding carboxylic acids is 1. The van der Waals surface area contributed by atoms with Gasteiger partial charge in [-0.3, -0.25) is 4.79 Å². The average molecular weight is 521 g/mol. The lowest BCUT2D eigenvalue weighted by molar-refractivity contribution is -0.192. The number of fused-ring (bicyclic) bond motifs is 1. The number of aliphatic carboxylic acids is 1. The van der Waals surface area contributed by atoms with Crippen LogP contribution in [0.2, 0.25) is 0 Å². The van der Waals surface area contributed by atoms with Crippen molar-refractivity contribution in [3.63, 3.8) is 0 Å². The molecule has 2 aromatic heterocycles. The van der Waals surface area contributed by atoms with E-state index in [1.807, 2.05) is 0 Å². The van der Waals surface area contributed by atoms with Crippen LogP contribution >= 0.6 is 0 Å². The van der Waals surface area contributed by atoms with E-state index >= 15 is 0 Å². The van der Waals surface area contributed by atoms with Crippen molar-refractivity contribution in [3.05, 3.63) is 59.7 Å². The van der Waals surface area contributed by atoms with Gasteiger partial charge in [0.2, 0.25) is 5.91 Å². The third kappa shape index (κ3) is 6.01. The number of anilines is 1. The number of aromatic nitrogens is 4. The molecule has 3 heterocycles. The maximum atomic E-state index is 13.2. The van der Waals surface area contributed by atoms with Gasteiger partial charge in [0.1, 0.15) is 18.2 Å². The number of carbonyl (C=O) groups is 2. The summed E-state index contributed by atoms with van der Waals surface area (Å²) in [7, 11) is 0. The molecule has 1 aromatic carbocycles. The Labute approximate surface area is 198 Å². The number of hydrogen-bond acceptors (Lipinski definition) is 4. The van der Waals surface area contributed by atoms with Gasteiger partial charge in [0.05, 0.1) is 23.3 Å². The second kappa shape index (κ2) is 9.99. The third-order valence-corrected chi connectivity index (χ3v) is 5.12. The summed E-state index contributed by atoms with van der Waals surface area (Å²) in [6, 6.07) is 5.85. The minimum Gasteiger partial charge on any atom is -0.475 e. The van der Waals surface area contributed by atoms with Gasteiger partial charge in [-0.15, -0.1) is 0 Å². The zero-order chi connectivity index (χ0) is 26.8. The van der Waals surface area contributed by atoms with Gasteiger partial charge >= 0.3 is 18.3 Å². The number of hydrogen-bond donors (Lipinski definition) is 1. The first kappa shape index (κ1) is 26.7. The second-order valence-electron chi connectivity index (χ2n) is 7.62. The molecule has 0 spiro atoms. The van der Waals surface area contributed by atoms with Crippen LogP contribution < -0.4 is 4.90 Å². The molecular formula is C21H18F7N5O3. The quantitative estimate of drug-likeness (QED) is 0.523. The van der Waals surface area contributed by atoms with E-state index in [0.29, 0.717) is 30.8 Å². The fraction of sp³-hybridized carbons (Fsp3) is 0.333. The van der Waals surface area contributed by atoms with Gasteiger partial charge in [-0.05, 0) is 44.0 Å². The number of halogens is 7. The first-order valence-electron chi connectivity index (χ1n) is 10.2. The third-order valence-electron chi connectivity index (χ3n) is 5.12. The van der Waals surface area contributed by atoms with E-state index in [1.165, 1.54) is 28.5 Å². The highest BCUT2D eigenvalue weighted by Gasteiger charge is 2.38. The van der Waals surface area contributed by atoms with Crippen LogP contribution in [0.3, 0.4) is 0 Å². The first-order valence-corrected chi connectivity index (χ1v) is 10.2. The highest BCUT2D eigenvalue weighted by atomic mass is 19.4. The molecule has 3 aromatic rings. The number of benzene rings is 1. The van der Waals surface area contributed by atoms with Gasteiger partial charge in [-0.2, -0.15) is 31.4 Å². The number of rotatable bonds is 3.